The van der Waals surface area contributed by atoms with Gasteiger partial charge >= 0.3 is 0 Å². The first-order chi connectivity index (χ1) is 12.2. The Kier molecular flexibility index (Phi) is 8.08. The van der Waals surface area contributed by atoms with Gasteiger partial charge in [0.15, 0.2) is 0 Å². The molecule has 2 heterocycles. The molecule has 0 aromatic heterocycles. The van der Waals surface area contributed by atoms with E-state index in [1.165, 1.54) is 41.2 Å². The van der Waals surface area contributed by atoms with Crippen LogP contribution in [-0.2, 0) is 6.54 Å². The highest BCUT2D eigenvalue weighted by Gasteiger charge is 2.46. The summed E-state index contributed by atoms with van der Waals surface area (Å²) in [4.78, 5) is 6.60. The highest BCUT2D eigenvalue weighted by molar-refractivity contribution is 7.98. The average Bonchev–Trinajstić information content (AvgIpc) is 3.12. The van der Waals surface area contributed by atoms with Gasteiger partial charge in [-0.2, -0.15) is 0 Å². The van der Waals surface area contributed by atoms with Crippen molar-refractivity contribution < 1.29 is 0 Å². The first kappa shape index (κ1) is 22.6. The predicted octanol–water partition coefficient (Wildman–Crippen LogP) is 5.30. The lowest BCUT2D eigenvalue weighted by Gasteiger charge is -2.28. The zero-order chi connectivity index (χ0) is 17.4. The van der Waals surface area contributed by atoms with Crippen molar-refractivity contribution in [3.05, 3.63) is 65.2 Å². The standard InChI is InChI=1S/C22H28N2S.2ClH/c1-16-6-4-5-7-20(16)22-21-15-24(14-18(21)13-23(22)2)12-17-8-10-19(25-3)11-9-17;;/h4-11,18,21-22H,12-15H2,1-3H3;2*1H/t18-,21+,22-;;/m0../s1. The normalized spacial score (nSPS) is 24.9. The minimum Gasteiger partial charge on any atom is -0.299 e. The van der Waals surface area contributed by atoms with Gasteiger partial charge in [-0.05, 0) is 60.9 Å². The van der Waals surface area contributed by atoms with Gasteiger partial charge < -0.3 is 0 Å². The fourth-order valence-electron chi connectivity index (χ4n) is 4.85. The van der Waals surface area contributed by atoms with Crippen molar-refractivity contribution >= 4 is 36.6 Å². The van der Waals surface area contributed by atoms with Crippen molar-refractivity contribution in [1.82, 2.24) is 9.80 Å². The van der Waals surface area contributed by atoms with Gasteiger partial charge in [0.05, 0.1) is 0 Å². The molecule has 0 bridgehead atoms. The summed E-state index contributed by atoms with van der Waals surface area (Å²) in [5.74, 6) is 1.57. The Morgan fingerprint density at radius 1 is 0.963 bits per heavy atom. The Morgan fingerprint density at radius 3 is 2.33 bits per heavy atom. The van der Waals surface area contributed by atoms with Gasteiger partial charge in [-0.3, -0.25) is 9.80 Å². The van der Waals surface area contributed by atoms with Gasteiger partial charge in [0.1, 0.15) is 0 Å². The summed E-state index contributed by atoms with van der Waals surface area (Å²) in [6.45, 7) is 7.04. The van der Waals surface area contributed by atoms with Gasteiger partial charge in [0, 0.05) is 37.1 Å². The number of aryl methyl sites for hydroxylation is 1. The lowest BCUT2D eigenvalue weighted by Crippen LogP contribution is -2.29. The lowest BCUT2D eigenvalue weighted by atomic mass is 9.88. The quantitative estimate of drug-likeness (QED) is 0.615. The zero-order valence-corrected chi connectivity index (χ0v) is 18.7. The summed E-state index contributed by atoms with van der Waals surface area (Å²) in [6.07, 6.45) is 2.14. The Bertz CT molecular complexity index is 737. The Labute approximate surface area is 180 Å². The predicted molar refractivity (Wildman–Crippen MR) is 122 cm³/mol. The first-order valence-electron chi connectivity index (χ1n) is 9.27. The van der Waals surface area contributed by atoms with Crippen LogP contribution in [0.2, 0.25) is 0 Å². The summed E-state index contributed by atoms with van der Waals surface area (Å²) < 4.78 is 0. The molecule has 2 aliphatic heterocycles. The molecule has 0 amide bonds. The van der Waals surface area contributed by atoms with Crippen LogP contribution in [0.25, 0.3) is 0 Å². The van der Waals surface area contributed by atoms with Crippen LogP contribution in [0.5, 0.6) is 0 Å². The zero-order valence-electron chi connectivity index (χ0n) is 16.3. The van der Waals surface area contributed by atoms with Crippen LogP contribution < -0.4 is 0 Å². The summed E-state index contributed by atoms with van der Waals surface area (Å²) in [5, 5.41) is 0. The van der Waals surface area contributed by atoms with Crippen LogP contribution in [0, 0.1) is 18.8 Å². The second-order valence-electron chi connectivity index (χ2n) is 7.71. The molecule has 148 valence electrons. The number of hydrogen-bond acceptors (Lipinski definition) is 3. The molecule has 2 fully saturated rings. The summed E-state index contributed by atoms with van der Waals surface area (Å²) in [6, 6.07) is 18.6. The molecule has 2 aliphatic rings. The molecule has 2 aromatic carbocycles. The monoisotopic (exact) mass is 424 g/mol. The van der Waals surface area contributed by atoms with Crippen LogP contribution in [0.4, 0.5) is 0 Å². The van der Waals surface area contributed by atoms with Crippen LogP contribution >= 0.6 is 36.6 Å². The van der Waals surface area contributed by atoms with E-state index in [0.29, 0.717) is 6.04 Å². The van der Waals surface area contributed by atoms with E-state index in [1.54, 1.807) is 0 Å². The summed E-state index contributed by atoms with van der Waals surface area (Å²) in [7, 11) is 2.31. The minimum atomic E-state index is 0. The van der Waals surface area contributed by atoms with Crippen LogP contribution in [0.3, 0.4) is 0 Å². The van der Waals surface area contributed by atoms with E-state index in [0.717, 1.165) is 18.4 Å². The van der Waals surface area contributed by atoms with Crippen molar-refractivity contribution in [3.63, 3.8) is 0 Å². The lowest BCUT2D eigenvalue weighted by molar-refractivity contribution is 0.224. The molecule has 0 spiro atoms. The number of thioether (sulfide) groups is 1. The second-order valence-corrected chi connectivity index (χ2v) is 8.59. The highest BCUT2D eigenvalue weighted by Crippen LogP contribution is 2.45. The number of benzene rings is 2. The number of hydrogen-bond donors (Lipinski definition) is 0. The van der Waals surface area contributed by atoms with Gasteiger partial charge in [0.2, 0.25) is 0 Å². The maximum Gasteiger partial charge on any atom is 0.0391 e. The van der Waals surface area contributed by atoms with Crippen molar-refractivity contribution in [1.29, 1.82) is 0 Å². The van der Waals surface area contributed by atoms with Gasteiger partial charge in [-0.1, -0.05) is 36.4 Å². The van der Waals surface area contributed by atoms with Crippen LogP contribution in [-0.4, -0.2) is 42.7 Å². The molecule has 4 rings (SSSR count). The maximum absolute atomic E-state index is 2.67. The number of fused-ring (bicyclic) bond motifs is 1. The van der Waals surface area contributed by atoms with Crippen LogP contribution in [0.1, 0.15) is 22.7 Å². The smallest absolute Gasteiger partial charge is 0.0391 e. The van der Waals surface area contributed by atoms with Crippen LogP contribution in [0.15, 0.2) is 53.4 Å². The topological polar surface area (TPSA) is 6.48 Å². The molecule has 3 atom stereocenters. The molecule has 27 heavy (non-hydrogen) atoms. The molecule has 2 saturated heterocycles. The third-order valence-electron chi connectivity index (χ3n) is 6.04. The van der Waals surface area contributed by atoms with Crippen molar-refractivity contribution in [2.75, 3.05) is 32.9 Å². The fourth-order valence-corrected chi connectivity index (χ4v) is 5.26. The SMILES string of the molecule is CSc1ccc(CN2C[C@@H]3CN(C)[C@@H](c4ccccc4C)[C@@H]3C2)cc1.Cl.Cl. The molecular formula is C22H30Cl2N2S. The van der Waals surface area contributed by atoms with Gasteiger partial charge in [0.25, 0.3) is 0 Å². The molecular weight excluding hydrogens is 395 g/mol. The van der Waals surface area contributed by atoms with Crippen molar-refractivity contribution in [3.8, 4) is 0 Å². The van der Waals surface area contributed by atoms with Crippen molar-refractivity contribution in [2.45, 2.75) is 24.4 Å². The summed E-state index contributed by atoms with van der Waals surface area (Å²) in [5.41, 5.74) is 4.41. The molecule has 0 N–H and O–H groups in total. The number of nitrogens with zero attached hydrogens (tertiary/aromatic N) is 2. The Hall–Kier alpha value is -0.710. The molecule has 0 aliphatic carbocycles. The van der Waals surface area contributed by atoms with E-state index < -0.39 is 0 Å². The molecule has 0 radical (unpaired) electrons. The Balaban J connectivity index is 0.00000131. The largest absolute Gasteiger partial charge is 0.299 e. The van der Waals surface area contributed by atoms with E-state index in [-0.39, 0.29) is 24.8 Å². The molecule has 2 nitrogen and oxygen atoms in total. The van der Waals surface area contributed by atoms with Crippen molar-refractivity contribution in [2.24, 2.45) is 11.8 Å². The number of likely N-dealkylation sites (tertiary alicyclic amines) is 2. The summed E-state index contributed by atoms with van der Waals surface area (Å²) >= 11 is 1.81. The highest BCUT2D eigenvalue weighted by atomic mass is 35.5. The molecule has 0 saturated carbocycles. The fraction of sp³-hybridized carbons (Fsp3) is 0.455. The average molecular weight is 425 g/mol. The molecule has 5 heteroatoms. The number of rotatable bonds is 4. The third-order valence-corrected chi connectivity index (χ3v) is 6.79. The number of halogens is 2. The van der Waals surface area contributed by atoms with E-state index in [1.807, 2.05) is 11.8 Å². The minimum absolute atomic E-state index is 0. The van der Waals surface area contributed by atoms with Gasteiger partial charge in [-0.25, -0.2) is 0 Å². The van der Waals surface area contributed by atoms with E-state index >= 15 is 0 Å². The van der Waals surface area contributed by atoms with Gasteiger partial charge in [-0.15, -0.1) is 36.6 Å². The van der Waals surface area contributed by atoms with E-state index in [4.69, 9.17) is 0 Å². The first-order valence-corrected chi connectivity index (χ1v) is 10.5. The van der Waals surface area contributed by atoms with E-state index in [2.05, 4.69) is 78.6 Å². The third kappa shape index (κ3) is 4.65. The Morgan fingerprint density at radius 2 is 1.67 bits per heavy atom. The van der Waals surface area contributed by atoms with E-state index in [9.17, 15) is 0 Å². The molecule has 2 aromatic rings. The second kappa shape index (κ2) is 9.67. The maximum atomic E-state index is 2.67. The molecule has 0 unspecified atom stereocenters.